The summed E-state index contributed by atoms with van der Waals surface area (Å²) in [5.41, 5.74) is 2.06. The van der Waals surface area contributed by atoms with Gasteiger partial charge < -0.3 is 19.9 Å². The van der Waals surface area contributed by atoms with E-state index in [1.165, 1.54) is 12.4 Å². The van der Waals surface area contributed by atoms with Crippen LogP contribution in [0.5, 0.6) is 5.75 Å². The maximum atomic E-state index is 14.1. The first-order valence-electron chi connectivity index (χ1n) is 10.9. The predicted octanol–water partition coefficient (Wildman–Crippen LogP) is 3.42. The highest BCUT2D eigenvalue weighted by molar-refractivity contribution is 5.95. The lowest BCUT2D eigenvalue weighted by Crippen LogP contribution is -2.32. The molecule has 11 heteroatoms. The number of nitrogens with one attached hydrogen (secondary N) is 2. The van der Waals surface area contributed by atoms with E-state index >= 15 is 0 Å². The Morgan fingerprint density at radius 2 is 2.09 bits per heavy atom. The number of rotatable bonds is 6. The number of nitrogens with zero attached hydrogens (tertiary/aromatic N) is 5. The van der Waals surface area contributed by atoms with Crippen LogP contribution in [0.3, 0.4) is 0 Å². The average molecular weight is 477 g/mol. The van der Waals surface area contributed by atoms with Gasteiger partial charge in [-0.3, -0.25) is 4.79 Å². The maximum absolute atomic E-state index is 14.1. The first-order chi connectivity index (χ1) is 17.0. The first kappa shape index (κ1) is 22.4. The van der Waals surface area contributed by atoms with Crippen LogP contribution in [0.1, 0.15) is 34.2 Å². The number of aromatic nitrogens is 5. The maximum Gasteiger partial charge on any atom is 0.251 e. The van der Waals surface area contributed by atoms with E-state index in [4.69, 9.17) is 4.74 Å². The van der Waals surface area contributed by atoms with Gasteiger partial charge in [-0.05, 0) is 30.3 Å². The monoisotopic (exact) mass is 477 g/mol. The fraction of sp³-hybridized carbons (Fsp3) is 0.208. The van der Waals surface area contributed by atoms with Crippen LogP contribution in [-0.4, -0.2) is 37.2 Å². The molecule has 0 saturated carbocycles. The molecule has 0 bridgehead atoms. The largest absolute Gasteiger partial charge is 0.490 e. The Labute approximate surface area is 199 Å². The van der Waals surface area contributed by atoms with Gasteiger partial charge in [0.25, 0.3) is 5.91 Å². The molecule has 0 spiro atoms. The highest BCUT2D eigenvalue weighted by atomic mass is 19.1. The van der Waals surface area contributed by atoms with Gasteiger partial charge in [-0.1, -0.05) is 6.07 Å². The minimum absolute atomic E-state index is 0.0246. The Kier molecular flexibility index (Phi) is 6.04. The van der Waals surface area contributed by atoms with Crippen molar-refractivity contribution in [1.29, 1.82) is 0 Å². The van der Waals surface area contributed by atoms with E-state index in [0.29, 0.717) is 41.6 Å². The Morgan fingerprint density at radius 3 is 2.91 bits per heavy atom. The van der Waals surface area contributed by atoms with Gasteiger partial charge in [0, 0.05) is 42.5 Å². The second-order valence-corrected chi connectivity index (χ2v) is 8.00. The molecule has 178 valence electrons. The van der Waals surface area contributed by atoms with Crippen molar-refractivity contribution < 1.29 is 18.3 Å². The van der Waals surface area contributed by atoms with Crippen molar-refractivity contribution in [3.05, 3.63) is 83.6 Å². The first-order valence-corrected chi connectivity index (χ1v) is 10.9. The minimum atomic E-state index is -0.781. The number of fused-ring (bicyclic) bond motifs is 1. The molecule has 9 nitrogen and oxygen atoms in total. The van der Waals surface area contributed by atoms with E-state index in [0.717, 1.165) is 6.07 Å². The van der Waals surface area contributed by atoms with Gasteiger partial charge in [0.15, 0.2) is 23.2 Å². The molecule has 0 aliphatic carbocycles. The molecular formula is C24H21F2N7O2. The molecule has 1 aliphatic rings. The van der Waals surface area contributed by atoms with E-state index in [2.05, 4.69) is 30.8 Å². The summed E-state index contributed by atoms with van der Waals surface area (Å²) in [6.45, 7) is 0.586. The van der Waals surface area contributed by atoms with Crippen LogP contribution < -0.4 is 15.4 Å². The van der Waals surface area contributed by atoms with Crippen molar-refractivity contribution in [3.8, 4) is 17.3 Å². The van der Waals surface area contributed by atoms with Crippen LogP contribution in [0.15, 0.2) is 55.0 Å². The van der Waals surface area contributed by atoms with E-state index < -0.39 is 17.7 Å². The summed E-state index contributed by atoms with van der Waals surface area (Å²) in [6.07, 6.45) is 3.49. The lowest BCUT2D eigenvalue weighted by atomic mass is 9.99. The van der Waals surface area contributed by atoms with Crippen LogP contribution in [-0.2, 0) is 13.6 Å². The molecule has 2 aromatic heterocycles. The van der Waals surface area contributed by atoms with Crippen LogP contribution in [0.25, 0.3) is 11.5 Å². The van der Waals surface area contributed by atoms with Crippen molar-refractivity contribution in [1.82, 2.24) is 30.0 Å². The van der Waals surface area contributed by atoms with Gasteiger partial charge in [0.2, 0.25) is 0 Å². The van der Waals surface area contributed by atoms with E-state index in [-0.39, 0.29) is 23.8 Å². The summed E-state index contributed by atoms with van der Waals surface area (Å²) in [5.74, 6) is -0.594. The summed E-state index contributed by atoms with van der Waals surface area (Å²) < 4.78 is 35.0. The van der Waals surface area contributed by atoms with Crippen LogP contribution >= 0.6 is 0 Å². The Bertz CT molecular complexity index is 1380. The van der Waals surface area contributed by atoms with Crippen LogP contribution in [0.4, 0.5) is 14.5 Å². The standard InChI is InChI=1S/C24H21F2N7O2/c1-33-21(31-32-23(33)20-5-7-27-13-29-20)12-28-16-4-2-3-14(9-16)24(34)30-19-6-8-35-22-17(19)10-15(25)11-18(22)26/h2-5,7,9-11,13,19,28H,6,8,12H2,1H3,(H,30,34)/t19-/m0/s1. The van der Waals surface area contributed by atoms with Gasteiger partial charge in [0.1, 0.15) is 17.8 Å². The van der Waals surface area contributed by atoms with Gasteiger partial charge in [0.05, 0.1) is 19.2 Å². The normalized spacial score (nSPS) is 14.7. The van der Waals surface area contributed by atoms with Crippen molar-refractivity contribution in [2.45, 2.75) is 19.0 Å². The molecule has 3 heterocycles. The molecule has 4 aromatic rings. The fourth-order valence-corrected chi connectivity index (χ4v) is 3.93. The molecule has 0 saturated heterocycles. The summed E-state index contributed by atoms with van der Waals surface area (Å²) in [6, 6.07) is 10.1. The Hall–Kier alpha value is -4.41. The summed E-state index contributed by atoms with van der Waals surface area (Å²) in [7, 11) is 1.84. The number of halogens is 2. The third-order valence-corrected chi connectivity index (χ3v) is 5.72. The lowest BCUT2D eigenvalue weighted by Gasteiger charge is -2.27. The van der Waals surface area contributed by atoms with Crippen LogP contribution in [0.2, 0.25) is 0 Å². The molecule has 1 atom stereocenters. The Morgan fingerprint density at radius 1 is 1.20 bits per heavy atom. The molecule has 1 amide bonds. The SMILES string of the molecule is Cn1c(CNc2cccc(C(=O)N[C@H]3CCOc4c(F)cc(F)cc43)c2)nnc1-c1ccncn1. The van der Waals surface area contributed by atoms with Crippen molar-refractivity contribution in [2.24, 2.45) is 7.05 Å². The smallest absolute Gasteiger partial charge is 0.251 e. The molecule has 0 unspecified atom stereocenters. The second kappa shape index (κ2) is 9.45. The third kappa shape index (κ3) is 4.65. The molecule has 1 aliphatic heterocycles. The number of carbonyl (C=O) groups excluding carboxylic acids is 1. The highest BCUT2D eigenvalue weighted by Gasteiger charge is 2.27. The minimum Gasteiger partial charge on any atom is -0.490 e. The topological polar surface area (TPSA) is 107 Å². The number of hydrogen-bond acceptors (Lipinski definition) is 7. The number of ether oxygens (including phenoxy) is 1. The lowest BCUT2D eigenvalue weighted by molar-refractivity contribution is 0.0923. The second-order valence-electron chi connectivity index (χ2n) is 8.00. The van der Waals surface area contributed by atoms with Crippen LogP contribution in [0, 0.1) is 11.6 Å². The quantitative estimate of drug-likeness (QED) is 0.438. The van der Waals surface area contributed by atoms with Crippen molar-refractivity contribution in [2.75, 3.05) is 11.9 Å². The molecule has 0 radical (unpaired) electrons. The summed E-state index contributed by atoms with van der Waals surface area (Å²) in [5, 5.41) is 14.5. The van der Waals surface area contributed by atoms with Gasteiger partial charge in [-0.25, -0.2) is 18.7 Å². The van der Waals surface area contributed by atoms with Gasteiger partial charge >= 0.3 is 0 Å². The zero-order chi connectivity index (χ0) is 24.4. The number of amides is 1. The zero-order valence-electron chi connectivity index (χ0n) is 18.7. The van der Waals surface area contributed by atoms with Gasteiger partial charge in [-0.15, -0.1) is 10.2 Å². The zero-order valence-corrected chi connectivity index (χ0v) is 18.7. The molecular weight excluding hydrogens is 456 g/mol. The van der Waals surface area contributed by atoms with Crippen molar-refractivity contribution >= 4 is 11.6 Å². The fourth-order valence-electron chi connectivity index (χ4n) is 3.93. The average Bonchev–Trinajstić information content (AvgIpc) is 3.24. The summed E-state index contributed by atoms with van der Waals surface area (Å²) >= 11 is 0. The van der Waals surface area contributed by atoms with Gasteiger partial charge in [-0.2, -0.15) is 0 Å². The Balaban J connectivity index is 1.27. The molecule has 35 heavy (non-hydrogen) atoms. The molecule has 5 rings (SSSR count). The molecule has 0 fully saturated rings. The van der Waals surface area contributed by atoms with E-state index in [1.54, 1.807) is 30.5 Å². The van der Waals surface area contributed by atoms with Crippen molar-refractivity contribution in [3.63, 3.8) is 0 Å². The number of carbonyl (C=O) groups is 1. The number of benzene rings is 2. The van der Waals surface area contributed by atoms with E-state index in [1.807, 2.05) is 17.7 Å². The predicted molar refractivity (Wildman–Crippen MR) is 122 cm³/mol. The summed E-state index contributed by atoms with van der Waals surface area (Å²) in [4.78, 5) is 21.0. The highest BCUT2D eigenvalue weighted by Crippen LogP contribution is 2.35. The third-order valence-electron chi connectivity index (χ3n) is 5.72. The molecule has 2 N–H and O–H groups in total. The van der Waals surface area contributed by atoms with E-state index in [9.17, 15) is 13.6 Å². The number of hydrogen-bond donors (Lipinski definition) is 2. The number of anilines is 1. The molecule has 2 aromatic carbocycles.